The molecular formula is C18H15BrN2O4S. The van der Waals surface area contributed by atoms with Gasteiger partial charge in [0.15, 0.2) is 5.69 Å². The van der Waals surface area contributed by atoms with E-state index in [1.165, 1.54) is 0 Å². The summed E-state index contributed by atoms with van der Waals surface area (Å²) in [7, 11) is 1.61. The summed E-state index contributed by atoms with van der Waals surface area (Å²) in [5.41, 5.74) is 3.57. The topological polar surface area (TPSA) is 62.6 Å². The molecule has 0 spiro atoms. The molecule has 8 heteroatoms. The molecule has 2 aromatic heterocycles. The van der Waals surface area contributed by atoms with Crippen LogP contribution < -0.4 is 9.47 Å². The Labute approximate surface area is 162 Å². The number of carbonyl (C=O) groups is 1. The highest BCUT2D eigenvalue weighted by atomic mass is 79.9. The minimum atomic E-state index is -0.447. The Hall–Kier alpha value is -2.32. The van der Waals surface area contributed by atoms with E-state index in [1.54, 1.807) is 30.1 Å². The van der Waals surface area contributed by atoms with Gasteiger partial charge in [0, 0.05) is 17.0 Å². The van der Waals surface area contributed by atoms with Crippen LogP contribution in [0.25, 0.3) is 16.9 Å². The van der Waals surface area contributed by atoms with Crippen molar-refractivity contribution < 1.29 is 19.0 Å². The van der Waals surface area contributed by atoms with Crippen LogP contribution in [0.5, 0.6) is 11.5 Å². The Kier molecular flexibility index (Phi) is 4.46. The summed E-state index contributed by atoms with van der Waals surface area (Å²) in [4.78, 5) is 12.4. The van der Waals surface area contributed by atoms with E-state index in [9.17, 15) is 4.79 Å². The van der Waals surface area contributed by atoms with E-state index in [1.807, 2.05) is 29.0 Å². The standard InChI is InChI=1S/C18H15BrN2O4S/c1-3-24-18(22)16-12-8-25-14-7-15(23-2)13(19)6-11(14)17(12)21(20-16)10-4-5-26-9-10/h4-7,9H,3,8H2,1-2H3. The molecule has 0 atom stereocenters. The predicted octanol–water partition coefficient (Wildman–Crippen LogP) is 4.44. The lowest BCUT2D eigenvalue weighted by Crippen LogP contribution is -2.12. The van der Waals surface area contributed by atoms with Gasteiger partial charge in [0.05, 0.1) is 35.1 Å². The van der Waals surface area contributed by atoms with Gasteiger partial charge in [0.2, 0.25) is 0 Å². The number of aromatic nitrogens is 2. The number of hydrogen-bond acceptors (Lipinski definition) is 6. The molecule has 4 rings (SSSR count). The Balaban J connectivity index is 1.96. The fourth-order valence-electron chi connectivity index (χ4n) is 2.94. The van der Waals surface area contributed by atoms with Gasteiger partial charge in [-0.1, -0.05) is 0 Å². The van der Waals surface area contributed by atoms with Crippen LogP contribution in [0.2, 0.25) is 0 Å². The molecule has 1 aromatic carbocycles. The summed E-state index contributed by atoms with van der Waals surface area (Å²) in [6.45, 7) is 2.31. The lowest BCUT2D eigenvalue weighted by Gasteiger charge is -2.21. The molecule has 0 unspecified atom stereocenters. The largest absolute Gasteiger partial charge is 0.495 e. The molecule has 0 radical (unpaired) electrons. The number of esters is 1. The monoisotopic (exact) mass is 434 g/mol. The van der Waals surface area contributed by atoms with Crippen LogP contribution in [0.4, 0.5) is 0 Å². The Morgan fingerprint density at radius 3 is 3.00 bits per heavy atom. The second-order valence-electron chi connectivity index (χ2n) is 5.56. The molecule has 3 heterocycles. The van der Waals surface area contributed by atoms with Crippen LogP contribution in [0.3, 0.4) is 0 Å². The summed E-state index contributed by atoms with van der Waals surface area (Å²) in [5, 5.41) is 8.50. The van der Waals surface area contributed by atoms with Crippen molar-refractivity contribution in [2.45, 2.75) is 13.5 Å². The zero-order chi connectivity index (χ0) is 18.3. The van der Waals surface area contributed by atoms with Crippen LogP contribution in [0, 0.1) is 0 Å². The molecular weight excluding hydrogens is 420 g/mol. The van der Waals surface area contributed by atoms with Crippen LogP contribution in [-0.4, -0.2) is 29.5 Å². The van der Waals surface area contributed by atoms with Gasteiger partial charge in [0.25, 0.3) is 0 Å². The number of thiophene rings is 1. The smallest absolute Gasteiger partial charge is 0.359 e. The van der Waals surface area contributed by atoms with Crippen molar-refractivity contribution in [2.75, 3.05) is 13.7 Å². The SMILES string of the molecule is CCOC(=O)c1nn(-c2ccsc2)c2c1COc1cc(OC)c(Br)cc1-2. The molecule has 0 aliphatic carbocycles. The highest BCUT2D eigenvalue weighted by Gasteiger charge is 2.31. The van der Waals surface area contributed by atoms with Crippen molar-refractivity contribution in [3.05, 3.63) is 44.7 Å². The second-order valence-corrected chi connectivity index (χ2v) is 7.20. The van der Waals surface area contributed by atoms with E-state index < -0.39 is 5.97 Å². The third kappa shape index (κ3) is 2.69. The van der Waals surface area contributed by atoms with Crippen molar-refractivity contribution in [1.29, 1.82) is 0 Å². The summed E-state index contributed by atoms with van der Waals surface area (Å²) in [6.07, 6.45) is 0. The molecule has 26 heavy (non-hydrogen) atoms. The van der Waals surface area contributed by atoms with Crippen LogP contribution in [0.1, 0.15) is 23.0 Å². The van der Waals surface area contributed by atoms with Gasteiger partial charge in [-0.2, -0.15) is 16.4 Å². The third-order valence-corrected chi connectivity index (χ3v) is 5.37. The second kappa shape index (κ2) is 6.77. The van der Waals surface area contributed by atoms with Gasteiger partial charge in [-0.3, -0.25) is 0 Å². The minimum Gasteiger partial charge on any atom is -0.495 e. The number of benzene rings is 1. The van der Waals surface area contributed by atoms with Gasteiger partial charge in [-0.25, -0.2) is 9.48 Å². The molecule has 3 aromatic rings. The van der Waals surface area contributed by atoms with Gasteiger partial charge >= 0.3 is 5.97 Å². The predicted molar refractivity (Wildman–Crippen MR) is 101 cm³/mol. The van der Waals surface area contributed by atoms with Crippen molar-refractivity contribution in [3.8, 4) is 28.4 Å². The molecule has 0 saturated heterocycles. The maximum Gasteiger partial charge on any atom is 0.359 e. The first-order valence-electron chi connectivity index (χ1n) is 7.96. The molecule has 0 amide bonds. The fourth-order valence-corrected chi connectivity index (χ4v) is 4.06. The maximum atomic E-state index is 12.4. The number of fused-ring (bicyclic) bond motifs is 3. The van der Waals surface area contributed by atoms with Crippen molar-refractivity contribution >= 4 is 33.2 Å². The van der Waals surface area contributed by atoms with E-state index in [0.717, 1.165) is 27.0 Å². The van der Waals surface area contributed by atoms with E-state index in [-0.39, 0.29) is 12.3 Å². The number of halogens is 1. The molecule has 0 fully saturated rings. The normalized spacial score (nSPS) is 12.1. The van der Waals surface area contributed by atoms with E-state index >= 15 is 0 Å². The Morgan fingerprint density at radius 1 is 1.46 bits per heavy atom. The first kappa shape index (κ1) is 17.1. The zero-order valence-corrected chi connectivity index (χ0v) is 16.5. The molecule has 0 bridgehead atoms. The maximum absolute atomic E-state index is 12.4. The molecule has 0 saturated carbocycles. The first-order chi connectivity index (χ1) is 12.6. The number of hydrogen-bond donors (Lipinski definition) is 0. The highest BCUT2D eigenvalue weighted by Crippen LogP contribution is 2.44. The summed E-state index contributed by atoms with van der Waals surface area (Å²) >= 11 is 5.09. The van der Waals surface area contributed by atoms with Crippen LogP contribution in [0.15, 0.2) is 33.4 Å². The van der Waals surface area contributed by atoms with Gasteiger partial charge in [-0.05, 0) is 40.4 Å². The number of methoxy groups -OCH3 is 1. The minimum absolute atomic E-state index is 0.241. The zero-order valence-electron chi connectivity index (χ0n) is 14.1. The third-order valence-electron chi connectivity index (χ3n) is 4.08. The van der Waals surface area contributed by atoms with E-state index in [2.05, 4.69) is 21.0 Å². The first-order valence-corrected chi connectivity index (χ1v) is 9.70. The average Bonchev–Trinajstić information content (AvgIpc) is 3.28. The molecule has 6 nitrogen and oxygen atoms in total. The molecule has 1 aliphatic heterocycles. The van der Waals surface area contributed by atoms with E-state index in [4.69, 9.17) is 14.2 Å². The number of rotatable bonds is 4. The molecule has 134 valence electrons. The Bertz CT molecular complexity index is 982. The van der Waals surface area contributed by atoms with Gasteiger partial charge in [0.1, 0.15) is 18.1 Å². The quantitative estimate of drug-likeness (QED) is 0.567. The highest BCUT2D eigenvalue weighted by molar-refractivity contribution is 9.10. The lowest BCUT2D eigenvalue weighted by atomic mass is 10.0. The van der Waals surface area contributed by atoms with Crippen molar-refractivity contribution in [2.24, 2.45) is 0 Å². The number of carbonyl (C=O) groups excluding carboxylic acids is 1. The summed E-state index contributed by atoms with van der Waals surface area (Å²) in [6, 6.07) is 5.71. The summed E-state index contributed by atoms with van der Waals surface area (Å²) < 4.78 is 19.0. The van der Waals surface area contributed by atoms with Crippen molar-refractivity contribution in [1.82, 2.24) is 9.78 Å². The van der Waals surface area contributed by atoms with Gasteiger partial charge < -0.3 is 14.2 Å². The fraction of sp³-hybridized carbons (Fsp3) is 0.222. The number of nitrogens with zero attached hydrogens (tertiary/aromatic N) is 2. The molecule has 1 aliphatic rings. The average molecular weight is 435 g/mol. The van der Waals surface area contributed by atoms with Crippen LogP contribution in [-0.2, 0) is 11.3 Å². The number of ether oxygens (including phenoxy) is 3. The Morgan fingerprint density at radius 2 is 2.31 bits per heavy atom. The van der Waals surface area contributed by atoms with Crippen LogP contribution >= 0.6 is 27.3 Å². The van der Waals surface area contributed by atoms with Gasteiger partial charge in [-0.15, -0.1) is 0 Å². The van der Waals surface area contributed by atoms with E-state index in [0.29, 0.717) is 18.1 Å². The molecule has 0 N–H and O–H groups in total. The van der Waals surface area contributed by atoms with Crippen molar-refractivity contribution in [3.63, 3.8) is 0 Å². The summed E-state index contributed by atoms with van der Waals surface area (Å²) in [5.74, 6) is 0.918. The lowest BCUT2D eigenvalue weighted by molar-refractivity contribution is 0.0516.